The molecule has 3 heterocycles. The second kappa shape index (κ2) is 9.06. The molecule has 154 valence electrons. The van der Waals surface area contributed by atoms with Gasteiger partial charge in [0.25, 0.3) is 0 Å². The number of aromatic nitrogens is 3. The summed E-state index contributed by atoms with van der Waals surface area (Å²) in [6, 6.07) is 11.7. The maximum Gasteiger partial charge on any atom is 0.383 e. The third-order valence-electron chi connectivity index (χ3n) is 4.52. The van der Waals surface area contributed by atoms with Gasteiger partial charge < -0.3 is 24.5 Å². The Hall–Kier alpha value is -3.24. The Morgan fingerprint density at radius 2 is 1.90 bits per heavy atom. The molecule has 0 amide bonds. The first-order chi connectivity index (χ1) is 14.7. The highest BCUT2D eigenvalue weighted by Gasteiger charge is 2.24. The van der Waals surface area contributed by atoms with Gasteiger partial charge in [-0.1, -0.05) is 30.3 Å². The number of benzene rings is 1. The van der Waals surface area contributed by atoms with Crippen LogP contribution in [0.2, 0.25) is 0 Å². The minimum Gasteiger partial charge on any atom is -0.494 e. The van der Waals surface area contributed by atoms with Crippen molar-refractivity contribution in [3.63, 3.8) is 0 Å². The first-order valence-corrected chi connectivity index (χ1v) is 10.1. The van der Waals surface area contributed by atoms with Crippen molar-refractivity contribution in [1.29, 1.82) is 0 Å². The minimum atomic E-state index is -0.567. The second-order valence-electron chi connectivity index (χ2n) is 6.40. The molecule has 10 heteroatoms. The van der Waals surface area contributed by atoms with E-state index >= 15 is 0 Å². The van der Waals surface area contributed by atoms with E-state index in [0.717, 1.165) is 36.2 Å². The number of methoxy groups -OCH3 is 1. The van der Waals surface area contributed by atoms with Crippen molar-refractivity contribution in [1.82, 2.24) is 15.0 Å². The Labute approximate surface area is 177 Å². The number of nitrogens with zero attached hydrogens (tertiary/aromatic N) is 5. The molecular weight excluding hydrogens is 406 g/mol. The van der Waals surface area contributed by atoms with E-state index in [9.17, 15) is 10.1 Å². The van der Waals surface area contributed by atoms with Gasteiger partial charge >= 0.3 is 5.82 Å². The molecule has 3 aromatic rings. The Morgan fingerprint density at radius 1 is 1.13 bits per heavy atom. The first kappa shape index (κ1) is 20.0. The highest BCUT2D eigenvalue weighted by molar-refractivity contribution is 7.99. The molecule has 0 atom stereocenters. The van der Waals surface area contributed by atoms with Gasteiger partial charge in [0.05, 0.1) is 32.2 Å². The lowest BCUT2D eigenvalue weighted by atomic mass is 10.1. The van der Waals surface area contributed by atoms with Crippen LogP contribution >= 0.6 is 11.8 Å². The fraction of sp³-hybridized carbons (Fsp3) is 0.250. The maximum atomic E-state index is 11.0. The smallest absolute Gasteiger partial charge is 0.383 e. The average Bonchev–Trinajstić information content (AvgIpc) is 2.80. The molecule has 1 aromatic carbocycles. The normalized spacial score (nSPS) is 13.8. The molecule has 1 aliphatic heterocycles. The van der Waals surface area contributed by atoms with E-state index < -0.39 is 4.92 Å². The summed E-state index contributed by atoms with van der Waals surface area (Å²) in [6.07, 6.45) is 2.60. The lowest BCUT2D eigenvalue weighted by Gasteiger charge is -2.31. The molecule has 0 spiro atoms. The van der Waals surface area contributed by atoms with Crippen LogP contribution in [0.5, 0.6) is 5.75 Å². The predicted octanol–water partition coefficient (Wildman–Crippen LogP) is 3.44. The van der Waals surface area contributed by atoms with Gasteiger partial charge in [-0.15, -0.1) is 0 Å². The molecule has 0 aliphatic carbocycles. The first-order valence-electron chi connectivity index (χ1n) is 9.27. The molecule has 0 radical (unpaired) electrons. The van der Waals surface area contributed by atoms with E-state index in [1.165, 1.54) is 18.0 Å². The van der Waals surface area contributed by atoms with Gasteiger partial charge in [-0.3, -0.25) is 4.98 Å². The van der Waals surface area contributed by atoms with E-state index in [-0.39, 0.29) is 5.82 Å². The van der Waals surface area contributed by atoms with Crippen LogP contribution in [-0.4, -0.2) is 53.3 Å². The predicted molar refractivity (Wildman–Crippen MR) is 112 cm³/mol. The molecule has 1 aliphatic rings. The van der Waals surface area contributed by atoms with Crippen molar-refractivity contribution >= 4 is 23.3 Å². The van der Waals surface area contributed by atoms with Crippen molar-refractivity contribution in [3.8, 4) is 17.0 Å². The molecule has 1 fully saturated rings. The van der Waals surface area contributed by atoms with Crippen LogP contribution < -0.4 is 9.64 Å². The maximum absolute atomic E-state index is 11.0. The fourth-order valence-corrected chi connectivity index (χ4v) is 3.94. The quantitative estimate of drug-likeness (QED) is 0.434. The molecule has 4 rings (SSSR count). The van der Waals surface area contributed by atoms with Crippen LogP contribution in [0.1, 0.15) is 0 Å². The van der Waals surface area contributed by atoms with Gasteiger partial charge in [-0.25, -0.2) is 4.98 Å². The Balaban J connectivity index is 1.79. The van der Waals surface area contributed by atoms with Crippen LogP contribution in [0.25, 0.3) is 11.3 Å². The molecular formula is C20H19N5O4S. The standard InChI is InChI=1S/C20H19N5O4S/c1-28-15-11-17(30-18-13-21-12-16(22-18)25(26)27)23-19(14-5-3-2-4-6-14)20(15)24-7-9-29-10-8-24/h2-6,11-13H,7-10H2,1H3. The highest BCUT2D eigenvalue weighted by Crippen LogP contribution is 2.41. The van der Waals surface area contributed by atoms with Crippen LogP contribution in [0.4, 0.5) is 11.5 Å². The van der Waals surface area contributed by atoms with E-state index in [2.05, 4.69) is 14.9 Å². The minimum absolute atomic E-state index is 0.305. The molecule has 0 N–H and O–H groups in total. The fourth-order valence-electron chi connectivity index (χ4n) is 3.17. The molecule has 0 bridgehead atoms. The third-order valence-corrected chi connectivity index (χ3v) is 5.35. The Kier molecular flexibility index (Phi) is 6.05. The van der Waals surface area contributed by atoms with Gasteiger partial charge in [-0.05, 0) is 21.7 Å². The summed E-state index contributed by atoms with van der Waals surface area (Å²) in [5.41, 5.74) is 2.63. The van der Waals surface area contributed by atoms with Crippen LogP contribution in [-0.2, 0) is 4.74 Å². The van der Waals surface area contributed by atoms with Gasteiger partial charge in [-0.2, -0.15) is 0 Å². The van der Waals surface area contributed by atoms with Gasteiger partial charge in [0.15, 0.2) is 0 Å². The number of hydrogen-bond donors (Lipinski definition) is 0. The summed E-state index contributed by atoms with van der Waals surface area (Å²) >= 11 is 1.20. The number of anilines is 1. The summed E-state index contributed by atoms with van der Waals surface area (Å²) < 4.78 is 11.2. The molecule has 0 unspecified atom stereocenters. The summed E-state index contributed by atoms with van der Waals surface area (Å²) in [7, 11) is 1.62. The Bertz CT molecular complexity index is 1040. The topological polar surface area (TPSA) is 104 Å². The third kappa shape index (κ3) is 4.34. The number of hydrogen-bond acceptors (Lipinski definition) is 9. The van der Waals surface area contributed by atoms with Crippen LogP contribution in [0.3, 0.4) is 0 Å². The molecule has 2 aromatic heterocycles. The molecule has 30 heavy (non-hydrogen) atoms. The van der Waals surface area contributed by atoms with Crippen LogP contribution in [0.15, 0.2) is 58.8 Å². The summed E-state index contributed by atoms with van der Waals surface area (Å²) in [4.78, 5) is 25.4. The summed E-state index contributed by atoms with van der Waals surface area (Å²) in [5.74, 6) is 0.367. The zero-order chi connectivity index (χ0) is 20.9. The SMILES string of the molecule is COc1cc(Sc2cncc([N+](=O)[O-])n2)nc(-c2ccccc2)c1N1CCOCC1. The van der Waals surface area contributed by atoms with Crippen molar-refractivity contribution in [2.75, 3.05) is 38.3 Å². The number of ether oxygens (including phenoxy) is 2. The van der Waals surface area contributed by atoms with Gasteiger partial charge in [0, 0.05) is 24.7 Å². The van der Waals surface area contributed by atoms with Crippen LogP contribution in [0, 0.1) is 10.1 Å². The largest absolute Gasteiger partial charge is 0.494 e. The van der Waals surface area contributed by atoms with E-state index in [1.807, 2.05) is 36.4 Å². The molecule has 1 saturated heterocycles. The zero-order valence-electron chi connectivity index (χ0n) is 16.2. The zero-order valence-corrected chi connectivity index (χ0v) is 17.0. The number of rotatable bonds is 6. The monoisotopic (exact) mass is 425 g/mol. The highest BCUT2D eigenvalue weighted by atomic mass is 32.2. The van der Waals surface area contributed by atoms with E-state index in [0.29, 0.717) is 29.0 Å². The number of morpholine rings is 1. The summed E-state index contributed by atoms with van der Waals surface area (Å²) in [6.45, 7) is 2.75. The van der Waals surface area contributed by atoms with Gasteiger partial charge in [0.1, 0.15) is 22.7 Å². The van der Waals surface area contributed by atoms with Crippen molar-refractivity contribution in [3.05, 3.63) is 58.9 Å². The second-order valence-corrected chi connectivity index (χ2v) is 7.44. The number of nitro groups is 1. The van der Waals surface area contributed by atoms with Crippen molar-refractivity contribution < 1.29 is 14.4 Å². The van der Waals surface area contributed by atoms with E-state index in [1.54, 1.807) is 7.11 Å². The van der Waals surface area contributed by atoms with Crippen molar-refractivity contribution in [2.24, 2.45) is 0 Å². The lowest BCUT2D eigenvalue weighted by molar-refractivity contribution is -0.390. The molecule has 9 nitrogen and oxygen atoms in total. The van der Waals surface area contributed by atoms with E-state index in [4.69, 9.17) is 14.5 Å². The van der Waals surface area contributed by atoms with Crippen molar-refractivity contribution in [2.45, 2.75) is 10.1 Å². The van der Waals surface area contributed by atoms with Gasteiger partial charge in [0.2, 0.25) is 5.03 Å². The number of pyridine rings is 1. The lowest BCUT2D eigenvalue weighted by Crippen LogP contribution is -2.37. The Morgan fingerprint density at radius 3 is 2.60 bits per heavy atom. The molecule has 0 saturated carbocycles. The average molecular weight is 425 g/mol. The summed E-state index contributed by atoms with van der Waals surface area (Å²) in [5, 5.41) is 12.0.